The number of halogens is 4. The summed E-state index contributed by atoms with van der Waals surface area (Å²) in [5.74, 6) is -4.02. The molecule has 2 aromatic rings. The molecule has 1 aromatic heterocycles. The monoisotopic (exact) mass is 371 g/mol. The molecule has 0 aliphatic carbocycles. The molecule has 25 heavy (non-hydrogen) atoms. The summed E-state index contributed by atoms with van der Waals surface area (Å²) < 4.78 is 41.2. The van der Waals surface area contributed by atoms with Gasteiger partial charge in [0.2, 0.25) is 5.91 Å². The van der Waals surface area contributed by atoms with Crippen molar-refractivity contribution < 1.29 is 18.0 Å². The highest BCUT2D eigenvalue weighted by molar-refractivity contribution is 6.31. The average molecular weight is 372 g/mol. The van der Waals surface area contributed by atoms with E-state index in [9.17, 15) is 18.0 Å². The van der Waals surface area contributed by atoms with Crippen LogP contribution in [0.1, 0.15) is 25.1 Å². The van der Waals surface area contributed by atoms with Crippen LogP contribution >= 0.6 is 11.6 Å². The van der Waals surface area contributed by atoms with Crippen LogP contribution in [0.3, 0.4) is 0 Å². The summed E-state index contributed by atoms with van der Waals surface area (Å²) in [6, 6.07) is 0.945. The Bertz CT molecular complexity index is 831. The van der Waals surface area contributed by atoms with Crippen LogP contribution in [-0.2, 0) is 11.3 Å². The predicted molar refractivity (Wildman–Crippen MR) is 90.8 cm³/mol. The third kappa shape index (κ3) is 4.63. The first-order chi connectivity index (χ1) is 11.7. The molecule has 1 aromatic carbocycles. The fourth-order valence-electron chi connectivity index (χ4n) is 2.18. The number of hydrogen-bond donors (Lipinski definition) is 1. The Morgan fingerprint density at radius 1 is 1.28 bits per heavy atom. The Balaban J connectivity index is 2.16. The van der Waals surface area contributed by atoms with Crippen LogP contribution in [0.15, 0.2) is 18.2 Å². The van der Waals surface area contributed by atoms with Gasteiger partial charge in [0.05, 0.1) is 11.4 Å². The lowest BCUT2D eigenvalue weighted by Gasteiger charge is -2.06. The molecule has 0 saturated carbocycles. The van der Waals surface area contributed by atoms with Crippen molar-refractivity contribution in [2.75, 3.05) is 5.32 Å². The first-order valence-corrected chi connectivity index (χ1v) is 7.93. The lowest BCUT2D eigenvalue weighted by Crippen LogP contribution is -2.10. The minimum atomic E-state index is -1.33. The number of benzene rings is 1. The van der Waals surface area contributed by atoms with Crippen molar-refractivity contribution in [2.24, 2.45) is 5.92 Å². The van der Waals surface area contributed by atoms with E-state index in [0.29, 0.717) is 41.0 Å². The van der Waals surface area contributed by atoms with Gasteiger partial charge in [0.25, 0.3) is 0 Å². The molecule has 1 N–H and O–H groups in total. The van der Waals surface area contributed by atoms with Gasteiger partial charge >= 0.3 is 0 Å². The van der Waals surface area contributed by atoms with Crippen LogP contribution in [0.5, 0.6) is 0 Å². The average Bonchev–Trinajstić information content (AvgIpc) is 2.76. The number of amides is 1. The fourth-order valence-corrected chi connectivity index (χ4v) is 2.48. The minimum absolute atomic E-state index is 0.341. The number of hydrogen-bond acceptors (Lipinski definition) is 2. The summed E-state index contributed by atoms with van der Waals surface area (Å²) in [4.78, 5) is 11.9. The van der Waals surface area contributed by atoms with Crippen molar-refractivity contribution in [3.8, 4) is 0 Å². The Hall–Kier alpha value is -2.28. The molecule has 0 radical (unpaired) electrons. The van der Waals surface area contributed by atoms with Crippen LogP contribution in [-0.4, -0.2) is 15.7 Å². The number of nitrogens with one attached hydrogen (secondary N) is 1. The van der Waals surface area contributed by atoms with E-state index in [4.69, 9.17) is 11.6 Å². The van der Waals surface area contributed by atoms with E-state index in [1.807, 2.05) is 13.8 Å². The summed E-state index contributed by atoms with van der Waals surface area (Å²) in [6.45, 7) is 6.41. The van der Waals surface area contributed by atoms with Gasteiger partial charge in [0.1, 0.15) is 11.0 Å². The largest absolute Gasteiger partial charge is 0.320 e. The molecule has 0 fully saturated rings. The first-order valence-electron chi connectivity index (χ1n) is 7.55. The number of anilines is 1. The molecule has 0 bridgehead atoms. The highest BCUT2D eigenvalue weighted by Crippen LogP contribution is 2.23. The van der Waals surface area contributed by atoms with Crippen LogP contribution in [0, 0.1) is 30.3 Å². The van der Waals surface area contributed by atoms with Gasteiger partial charge < -0.3 is 5.32 Å². The standard InChI is InChI=1S/C17H17ClF3N3O/c1-9(2)8-24-17(18)11(10(3)23-24)4-5-16(25)22-15-7-13(20)12(19)6-14(15)21/h4-7,9H,8H2,1-3H3,(H,22,25)/b5-4+. The van der Waals surface area contributed by atoms with Gasteiger partial charge in [0.15, 0.2) is 11.6 Å². The molecule has 0 spiro atoms. The highest BCUT2D eigenvalue weighted by Gasteiger charge is 2.14. The van der Waals surface area contributed by atoms with Gasteiger partial charge in [-0.1, -0.05) is 25.4 Å². The zero-order valence-corrected chi connectivity index (χ0v) is 14.7. The molecule has 1 heterocycles. The maximum Gasteiger partial charge on any atom is 0.248 e. The Morgan fingerprint density at radius 3 is 2.56 bits per heavy atom. The lowest BCUT2D eigenvalue weighted by atomic mass is 10.2. The molecule has 0 atom stereocenters. The zero-order chi connectivity index (χ0) is 18.7. The molecule has 0 saturated heterocycles. The second-order valence-electron chi connectivity index (χ2n) is 5.93. The van der Waals surface area contributed by atoms with Crippen LogP contribution < -0.4 is 5.32 Å². The second kappa shape index (κ2) is 7.74. The maximum atomic E-state index is 13.5. The van der Waals surface area contributed by atoms with E-state index in [-0.39, 0.29) is 0 Å². The van der Waals surface area contributed by atoms with Crippen molar-refractivity contribution in [2.45, 2.75) is 27.3 Å². The van der Waals surface area contributed by atoms with Gasteiger partial charge in [0, 0.05) is 30.3 Å². The molecule has 134 valence electrons. The number of nitrogens with zero attached hydrogens (tertiary/aromatic N) is 2. The zero-order valence-electron chi connectivity index (χ0n) is 13.9. The Kier molecular flexibility index (Phi) is 5.89. The molecular formula is C17H17ClF3N3O. The predicted octanol–water partition coefficient (Wildman–Crippen LogP) is 4.57. The molecule has 0 aliphatic heterocycles. The molecule has 0 unspecified atom stereocenters. The van der Waals surface area contributed by atoms with E-state index in [2.05, 4.69) is 10.4 Å². The van der Waals surface area contributed by atoms with Gasteiger partial charge in [-0.25, -0.2) is 13.2 Å². The van der Waals surface area contributed by atoms with Gasteiger partial charge in [-0.15, -0.1) is 0 Å². The van der Waals surface area contributed by atoms with Crippen LogP contribution in [0.25, 0.3) is 6.08 Å². The molecule has 4 nitrogen and oxygen atoms in total. The van der Waals surface area contributed by atoms with Crippen molar-refractivity contribution in [3.05, 3.63) is 52.1 Å². The Labute approximate surface area is 148 Å². The van der Waals surface area contributed by atoms with Gasteiger partial charge in [-0.05, 0) is 18.9 Å². The number of carbonyl (C=O) groups is 1. The quantitative estimate of drug-likeness (QED) is 0.618. The molecule has 8 heteroatoms. The van der Waals surface area contributed by atoms with Crippen LogP contribution in [0.4, 0.5) is 18.9 Å². The number of aromatic nitrogens is 2. The summed E-state index contributed by atoms with van der Waals surface area (Å²) >= 11 is 6.25. The van der Waals surface area contributed by atoms with Crippen molar-refractivity contribution >= 4 is 29.3 Å². The van der Waals surface area contributed by atoms with Crippen molar-refractivity contribution in [3.63, 3.8) is 0 Å². The van der Waals surface area contributed by atoms with Crippen molar-refractivity contribution in [1.29, 1.82) is 0 Å². The van der Waals surface area contributed by atoms with E-state index in [1.165, 1.54) is 6.08 Å². The molecule has 0 aliphatic rings. The SMILES string of the molecule is Cc1nn(CC(C)C)c(Cl)c1/C=C/C(=O)Nc1cc(F)c(F)cc1F. The summed E-state index contributed by atoms with van der Waals surface area (Å²) in [5, 5.41) is 6.83. The van der Waals surface area contributed by atoms with Gasteiger partial charge in [-0.3, -0.25) is 9.48 Å². The van der Waals surface area contributed by atoms with E-state index in [0.717, 1.165) is 6.08 Å². The first kappa shape index (κ1) is 19.1. The molecule has 2 rings (SSSR count). The second-order valence-corrected chi connectivity index (χ2v) is 6.29. The summed E-state index contributed by atoms with van der Waals surface area (Å²) in [6.07, 6.45) is 2.56. The van der Waals surface area contributed by atoms with Crippen molar-refractivity contribution in [1.82, 2.24) is 9.78 Å². The topological polar surface area (TPSA) is 46.9 Å². The number of aryl methyl sites for hydroxylation is 1. The Morgan fingerprint density at radius 2 is 1.92 bits per heavy atom. The third-order valence-electron chi connectivity index (χ3n) is 3.32. The van der Waals surface area contributed by atoms with Crippen LogP contribution in [0.2, 0.25) is 5.15 Å². The number of rotatable bonds is 5. The fraction of sp³-hybridized carbons (Fsp3) is 0.294. The summed E-state index contributed by atoms with van der Waals surface area (Å²) in [5.41, 5.74) is 0.740. The summed E-state index contributed by atoms with van der Waals surface area (Å²) in [7, 11) is 0. The molecular weight excluding hydrogens is 355 g/mol. The number of carbonyl (C=O) groups excluding carboxylic acids is 1. The minimum Gasteiger partial charge on any atom is -0.320 e. The lowest BCUT2D eigenvalue weighted by molar-refractivity contribution is -0.111. The highest BCUT2D eigenvalue weighted by atomic mass is 35.5. The van der Waals surface area contributed by atoms with Gasteiger partial charge in [-0.2, -0.15) is 5.10 Å². The normalized spacial score (nSPS) is 11.5. The van der Waals surface area contributed by atoms with E-state index >= 15 is 0 Å². The van der Waals surface area contributed by atoms with E-state index in [1.54, 1.807) is 11.6 Å². The van der Waals surface area contributed by atoms with E-state index < -0.39 is 29.0 Å². The molecule has 1 amide bonds. The smallest absolute Gasteiger partial charge is 0.248 e. The maximum absolute atomic E-state index is 13.5. The third-order valence-corrected chi connectivity index (χ3v) is 3.72.